The van der Waals surface area contributed by atoms with Crippen molar-refractivity contribution >= 4 is 5.91 Å². The Balaban J connectivity index is 2.74. The first-order chi connectivity index (χ1) is 8.79. The van der Waals surface area contributed by atoms with Gasteiger partial charge in [0.25, 0.3) is 0 Å². The summed E-state index contributed by atoms with van der Waals surface area (Å²) in [6.45, 7) is 11.3. The molecule has 1 aliphatic heterocycles. The van der Waals surface area contributed by atoms with Gasteiger partial charge in [-0.1, -0.05) is 27.7 Å². The quantitative estimate of drug-likeness (QED) is 0.764. The zero-order chi connectivity index (χ0) is 14.6. The number of amides is 1. The summed E-state index contributed by atoms with van der Waals surface area (Å²) in [5, 5.41) is 6.64. The van der Waals surface area contributed by atoms with Crippen molar-refractivity contribution < 1.29 is 4.79 Å². The van der Waals surface area contributed by atoms with Crippen molar-refractivity contribution in [1.82, 2.24) is 15.5 Å². The maximum absolute atomic E-state index is 12.7. The number of likely N-dealkylation sites (N-methyl/N-ethyl adjacent to an activating group) is 1. The summed E-state index contributed by atoms with van der Waals surface area (Å²) in [7, 11) is 4.10. The van der Waals surface area contributed by atoms with Crippen molar-refractivity contribution in [2.24, 2.45) is 17.3 Å². The first-order valence-corrected chi connectivity index (χ1v) is 7.46. The number of hydrogen-bond acceptors (Lipinski definition) is 3. The molecule has 0 radical (unpaired) electrons. The van der Waals surface area contributed by atoms with Gasteiger partial charge in [-0.25, -0.2) is 0 Å². The van der Waals surface area contributed by atoms with Crippen molar-refractivity contribution in [1.29, 1.82) is 0 Å². The molecule has 1 aliphatic rings. The van der Waals surface area contributed by atoms with E-state index in [9.17, 15) is 4.79 Å². The van der Waals surface area contributed by atoms with Crippen molar-refractivity contribution in [2.75, 3.05) is 33.7 Å². The van der Waals surface area contributed by atoms with E-state index >= 15 is 0 Å². The van der Waals surface area contributed by atoms with Gasteiger partial charge in [0.2, 0.25) is 5.91 Å². The molecule has 19 heavy (non-hydrogen) atoms. The Hall–Kier alpha value is -0.610. The number of nitrogens with one attached hydrogen (secondary N) is 2. The second-order valence-corrected chi connectivity index (χ2v) is 6.82. The zero-order valence-electron chi connectivity index (χ0n) is 13.4. The van der Waals surface area contributed by atoms with Crippen molar-refractivity contribution in [2.45, 2.75) is 40.2 Å². The Kier molecular flexibility index (Phi) is 5.81. The number of rotatable bonds is 6. The average Bonchev–Trinajstić information content (AvgIpc) is 2.77. The standard InChI is InChI=1S/C15H31N3O/c1-11(2)13(9-18(5)6)17-14(19)15(12(3)4)7-8-16-10-15/h11-13,16H,7-10H2,1-6H3,(H,17,19). The SMILES string of the molecule is CC(C)C(CN(C)C)NC(=O)C1(C(C)C)CCNC1. The maximum Gasteiger partial charge on any atom is 0.228 e. The van der Waals surface area contributed by atoms with Crippen LogP contribution in [0.15, 0.2) is 0 Å². The Labute approximate surface area is 118 Å². The zero-order valence-corrected chi connectivity index (χ0v) is 13.4. The molecule has 0 aromatic rings. The molecule has 2 atom stereocenters. The molecule has 4 nitrogen and oxygen atoms in total. The molecular formula is C15H31N3O. The van der Waals surface area contributed by atoms with E-state index in [-0.39, 0.29) is 17.4 Å². The van der Waals surface area contributed by atoms with E-state index in [1.165, 1.54) is 0 Å². The van der Waals surface area contributed by atoms with Gasteiger partial charge in [-0.2, -0.15) is 0 Å². The highest BCUT2D eigenvalue weighted by Crippen LogP contribution is 2.34. The molecule has 0 saturated carbocycles. The second kappa shape index (κ2) is 6.71. The molecule has 0 aromatic heterocycles. The van der Waals surface area contributed by atoms with Gasteiger partial charge < -0.3 is 15.5 Å². The average molecular weight is 269 g/mol. The third kappa shape index (κ3) is 3.93. The van der Waals surface area contributed by atoms with E-state index in [1.807, 2.05) is 0 Å². The predicted molar refractivity (Wildman–Crippen MR) is 80.1 cm³/mol. The van der Waals surface area contributed by atoms with Crippen molar-refractivity contribution in [3.05, 3.63) is 0 Å². The number of nitrogens with zero attached hydrogens (tertiary/aromatic N) is 1. The predicted octanol–water partition coefficient (Wildman–Crippen LogP) is 1.32. The Morgan fingerprint density at radius 1 is 1.32 bits per heavy atom. The lowest BCUT2D eigenvalue weighted by Gasteiger charge is -2.35. The van der Waals surface area contributed by atoms with Gasteiger partial charge in [0.05, 0.1) is 5.41 Å². The molecule has 1 fully saturated rings. The molecule has 112 valence electrons. The molecule has 4 heteroatoms. The summed E-state index contributed by atoms with van der Waals surface area (Å²) in [5.74, 6) is 1.05. The summed E-state index contributed by atoms with van der Waals surface area (Å²) in [6.07, 6.45) is 0.948. The van der Waals surface area contributed by atoms with Crippen LogP contribution in [0, 0.1) is 17.3 Å². The minimum atomic E-state index is -0.223. The lowest BCUT2D eigenvalue weighted by molar-refractivity contribution is -0.133. The van der Waals surface area contributed by atoms with Crippen LogP contribution >= 0.6 is 0 Å². The second-order valence-electron chi connectivity index (χ2n) is 6.82. The summed E-state index contributed by atoms with van der Waals surface area (Å²) < 4.78 is 0. The van der Waals surface area contributed by atoms with Gasteiger partial charge in [0, 0.05) is 19.1 Å². The van der Waals surface area contributed by atoms with Crippen LogP contribution in [0.2, 0.25) is 0 Å². The Morgan fingerprint density at radius 2 is 1.95 bits per heavy atom. The fourth-order valence-electron chi connectivity index (χ4n) is 2.79. The van der Waals surface area contributed by atoms with Gasteiger partial charge in [0.1, 0.15) is 0 Å². The molecule has 1 heterocycles. The van der Waals surface area contributed by atoms with E-state index in [4.69, 9.17) is 0 Å². The number of carbonyl (C=O) groups excluding carboxylic acids is 1. The monoisotopic (exact) mass is 269 g/mol. The van der Waals surface area contributed by atoms with Gasteiger partial charge in [-0.05, 0) is 38.9 Å². The third-order valence-corrected chi connectivity index (χ3v) is 4.43. The van der Waals surface area contributed by atoms with Gasteiger partial charge in [-0.15, -0.1) is 0 Å². The summed E-state index contributed by atoms with van der Waals surface area (Å²) in [6, 6.07) is 0.221. The van der Waals surface area contributed by atoms with Crippen LogP contribution in [-0.2, 0) is 4.79 Å². The largest absolute Gasteiger partial charge is 0.351 e. The normalized spacial score (nSPS) is 25.3. The molecular weight excluding hydrogens is 238 g/mol. The lowest BCUT2D eigenvalue weighted by atomic mass is 9.75. The van der Waals surface area contributed by atoms with Gasteiger partial charge in [0.15, 0.2) is 0 Å². The Bertz CT molecular complexity index is 294. The van der Waals surface area contributed by atoms with E-state index in [0.29, 0.717) is 11.8 Å². The highest BCUT2D eigenvalue weighted by Gasteiger charge is 2.44. The molecule has 2 N–H and O–H groups in total. The highest BCUT2D eigenvalue weighted by atomic mass is 16.2. The molecule has 2 unspecified atom stereocenters. The fraction of sp³-hybridized carbons (Fsp3) is 0.933. The van der Waals surface area contributed by atoms with Crippen LogP contribution in [0.25, 0.3) is 0 Å². The maximum atomic E-state index is 12.7. The molecule has 0 bridgehead atoms. The summed E-state index contributed by atoms with van der Waals surface area (Å²) in [4.78, 5) is 14.9. The smallest absolute Gasteiger partial charge is 0.228 e. The summed E-state index contributed by atoms with van der Waals surface area (Å²) >= 11 is 0. The molecule has 1 amide bonds. The first kappa shape index (κ1) is 16.4. The molecule has 0 aliphatic carbocycles. The topological polar surface area (TPSA) is 44.4 Å². The third-order valence-electron chi connectivity index (χ3n) is 4.43. The van der Waals surface area contributed by atoms with Crippen molar-refractivity contribution in [3.63, 3.8) is 0 Å². The van der Waals surface area contributed by atoms with Crippen molar-refractivity contribution in [3.8, 4) is 0 Å². The minimum Gasteiger partial charge on any atom is -0.351 e. The fourth-order valence-corrected chi connectivity index (χ4v) is 2.79. The number of hydrogen-bond donors (Lipinski definition) is 2. The van der Waals surface area contributed by atoms with E-state index in [0.717, 1.165) is 26.1 Å². The van der Waals surface area contributed by atoms with Gasteiger partial charge in [-0.3, -0.25) is 4.79 Å². The van der Waals surface area contributed by atoms with Crippen LogP contribution in [0.5, 0.6) is 0 Å². The highest BCUT2D eigenvalue weighted by molar-refractivity contribution is 5.84. The molecule has 0 spiro atoms. The molecule has 1 rings (SSSR count). The molecule has 1 saturated heterocycles. The molecule has 0 aromatic carbocycles. The van der Waals surface area contributed by atoms with E-state index < -0.39 is 0 Å². The van der Waals surface area contributed by atoms with Gasteiger partial charge >= 0.3 is 0 Å². The van der Waals surface area contributed by atoms with Crippen LogP contribution in [0.1, 0.15) is 34.1 Å². The van der Waals surface area contributed by atoms with Crippen LogP contribution in [0.3, 0.4) is 0 Å². The van der Waals surface area contributed by atoms with E-state index in [2.05, 4.69) is 57.3 Å². The Morgan fingerprint density at radius 3 is 2.32 bits per heavy atom. The first-order valence-electron chi connectivity index (χ1n) is 7.46. The minimum absolute atomic E-state index is 0.221. The van der Waals surface area contributed by atoms with Crippen LogP contribution in [-0.4, -0.2) is 50.6 Å². The summed E-state index contributed by atoms with van der Waals surface area (Å²) in [5.41, 5.74) is -0.223. The van der Waals surface area contributed by atoms with Crippen LogP contribution in [0.4, 0.5) is 0 Å². The van der Waals surface area contributed by atoms with Crippen LogP contribution < -0.4 is 10.6 Å². The van der Waals surface area contributed by atoms with E-state index in [1.54, 1.807) is 0 Å². The number of carbonyl (C=O) groups is 1. The lowest BCUT2D eigenvalue weighted by Crippen LogP contribution is -2.53.